The van der Waals surface area contributed by atoms with Crippen molar-refractivity contribution in [2.24, 2.45) is 0 Å². The predicted octanol–water partition coefficient (Wildman–Crippen LogP) is 3.88. The SMILES string of the molecule is Cc1ccccc1S(=O)(=O)N[C@@H](CN(C)C)c1ccc(Cl)c(Cl)c1. The number of nitrogens with one attached hydrogen (secondary N) is 1. The Morgan fingerprint density at radius 2 is 1.75 bits per heavy atom. The van der Waals surface area contributed by atoms with Gasteiger partial charge in [0.15, 0.2) is 0 Å². The summed E-state index contributed by atoms with van der Waals surface area (Å²) in [6, 6.07) is 11.6. The van der Waals surface area contributed by atoms with Gasteiger partial charge >= 0.3 is 0 Å². The van der Waals surface area contributed by atoms with Gasteiger partial charge in [-0.25, -0.2) is 13.1 Å². The molecule has 1 N–H and O–H groups in total. The van der Waals surface area contributed by atoms with Crippen molar-refractivity contribution in [3.05, 3.63) is 63.6 Å². The number of benzene rings is 2. The summed E-state index contributed by atoms with van der Waals surface area (Å²) in [7, 11) is 0.103. The number of nitrogens with zero attached hydrogens (tertiary/aromatic N) is 1. The van der Waals surface area contributed by atoms with Crippen LogP contribution in [0.1, 0.15) is 17.2 Å². The predicted molar refractivity (Wildman–Crippen MR) is 99.3 cm³/mol. The van der Waals surface area contributed by atoms with Crippen molar-refractivity contribution in [2.45, 2.75) is 17.9 Å². The summed E-state index contributed by atoms with van der Waals surface area (Å²) in [6.07, 6.45) is 0. The topological polar surface area (TPSA) is 49.4 Å². The zero-order chi connectivity index (χ0) is 17.9. The summed E-state index contributed by atoms with van der Waals surface area (Å²) in [5, 5.41) is 0.832. The summed E-state index contributed by atoms with van der Waals surface area (Å²) >= 11 is 12.0. The molecule has 2 aromatic carbocycles. The van der Waals surface area contributed by atoms with Crippen LogP contribution in [0.2, 0.25) is 10.0 Å². The minimum Gasteiger partial charge on any atom is -0.307 e. The van der Waals surface area contributed by atoms with Crippen molar-refractivity contribution in [3.63, 3.8) is 0 Å². The lowest BCUT2D eigenvalue weighted by Gasteiger charge is -2.23. The van der Waals surface area contributed by atoms with Crippen LogP contribution in [-0.2, 0) is 10.0 Å². The monoisotopic (exact) mass is 386 g/mol. The van der Waals surface area contributed by atoms with Crippen molar-refractivity contribution in [1.29, 1.82) is 0 Å². The van der Waals surface area contributed by atoms with E-state index in [0.29, 0.717) is 22.2 Å². The molecule has 0 heterocycles. The first kappa shape index (κ1) is 19.2. The molecule has 0 aliphatic heterocycles. The standard InChI is InChI=1S/C17H20Cl2N2O2S/c1-12-6-4-5-7-17(12)24(22,23)20-16(11-21(2)3)13-8-9-14(18)15(19)10-13/h4-10,16,20H,11H2,1-3H3/t16-/m0/s1. The third kappa shape index (κ3) is 4.71. The molecule has 1 atom stereocenters. The summed E-state index contributed by atoms with van der Waals surface area (Å²) < 4.78 is 28.3. The molecule has 0 unspecified atom stereocenters. The smallest absolute Gasteiger partial charge is 0.241 e. The molecule has 4 nitrogen and oxygen atoms in total. The zero-order valence-corrected chi connectivity index (χ0v) is 16.1. The van der Waals surface area contributed by atoms with Gasteiger partial charge < -0.3 is 4.90 Å². The molecule has 0 saturated carbocycles. The second kappa shape index (κ2) is 7.85. The number of aryl methyl sites for hydroxylation is 1. The highest BCUT2D eigenvalue weighted by atomic mass is 35.5. The Morgan fingerprint density at radius 1 is 1.08 bits per heavy atom. The van der Waals surface area contributed by atoms with Crippen molar-refractivity contribution in [2.75, 3.05) is 20.6 Å². The van der Waals surface area contributed by atoms with Crippen LogP contribution in [0.25, 0.3) is 0 Å². The Morgan fingerprint density at radius 3 is 2.33 bits per heavy atom. The fraction of sp³-hybridized carbons (Fsp3) is 0.294. The Balaban J connectivity index is 2.38. The molecule has 0 amide bonds. The molecule has 0 saturated heterocycles. The quantitative estimate of drug-likeness (QED) is 0.818. The molecule has 0 fully saturated rings. The van der Waals surface area contributed by atoms with Crippen LogP contribution in [0.15, 0.2) is 47.4 Å². The molecular formula is C17H20Cl2N2O2S. The molecule has 0 spiro atoms. The van der Waals surface area contributed by atoms with Gasteiger partial charge in [0, 0.05) is 6.54 Å². The fourth-order valence-corrected chi connectivity index (χ4v) is 4.18. The van der Waals surface area contributed by atoms with E-state index in [1.165, 1.54) is 0 Å². The van der Waals surface area contributed by atoms with E-state index in [4.69, 9.17) is 23.2 Å². The first-order valence-corrected chi connectivity index (χ1v) is 9.62. The molecule has 2 rings (SSSR count). The molecule has 0 aliphatic rings. The Kier molecular flexibility index (Phi) is 6.28. The molecule has 0 aliphatic carbocycles. The van der Waals surface area contributed by atoms with Crippen LogP contribution < -0.4 is 4.72 Å². The van der Waals surface area contributed by atoms with Crippen LogP contribution in [0.4, 0.5) is 0 Å². The van der Waals surface area contributed by atoms with Crippen LogP contribution in [0, 0.1) is 6.92 Å². The lowest BCUT2D eigenvalue weighted by molar-refractivity contribution is 0.363. The first-order chi connectivity index (χ1) is 11.2. The third-order valence-electron chi connectivity index (χ3n) is 3.57. The number of sulfonamides is 1. The van der Waals surface area contributed by atoms with E-state index < -0.39 is 16.1 Å². The van der Waals surface area contributed by atoms with Crippen molar-refractivity contribution < 1.29 is 8.42 Å². The fourth-order valence-electron chi connectivity index (χ4n) is 2.41. The molecule has 2 aromatic rings. The van der Waals surface area contributed by atoms with Crippen molar-refractivity contribution >= 4 is 33.2 Å². The normalized spacial score (nSPS) is 13.2. The Hall–Kier alpha value is -1.11. The van der Waals surface area contributed by atoms with Gasteiger partial charge in [0.05, 0.1) is 21.0 Å². The number of halogens is 2. The highest BCUT2D eigenvalue weighted by Gasteiger charge is 2.23. The van der Waals surface area contributed by atoms with Gasteiger partial charge in [0.25, 0.3) is 0 Å². The van der Waals surface area contributed by atoms with Gasteiger partial charge in [0.2, 0.25) is 10.0 Å². The minimum absolute atomic E-state index is 0.272. The Bertz CT molecular complexity index is 823. The highest BCUT2D eigenvalue weighted by Crippen LogP contribution is 2.27. The van der Waals surface area contributed by atoms with E-state index in [9.17, 15) is 8.42 Å². The summed E-state index contributed by atoms with van der Waals surface area (Å²) in [5.41, 5.74) is 1.46. The number of likely N-dealkylation sites (N-methyl/N-ethyl adjacent to an activating group) is 1. The molecule has 130 valence electrons. The van der Waals surface area contributed by atoms with E-state index in [0.717, 1.165) is 5.56 Å². The molecule has 0 bridgehead atoms. The van der Waals surface area contributed by atoms with Gasteiger partial charge in [-0.15, -0.1) is 0 Å². The maximum absolute atomic E-state index is 12.8. The lowest BCUT2D eigenvalue weighted by atomic mass is 10.1. The van der Waals surface area contributed by atoms with E-state index in [1.54, 1.807) is 43.3 Å². The van der Waals surface area contributed by atoms with Gasteiger partial charge in [-0.1, -0.05) is 47.5 Å². The second-order valence-electron chi connectivity index (χ2n) is 5.88. The average Bonchev–Trinajstić information content (AvgIpc) is 2.49. The van der Waals surface area contributed by atoms with E-state index >= 15 is 0 Å². The van der Waals surface area contributed by atoms with Crippen LogP contribution in [0.5, 0.6) is 0 Å². The summed E-state index contributed by atoms with van der Waals surface area (Å²) in [5.74, 6) is 0. The largest absolute Gasteiger partial charge is 0.307 e. The average molecular weight is 387 g/mol. The van der Waals surface area contributed by atoms with Gasteiger partial charge in [-0.2, -0.15) is 0 Å². The van der Waals surface area contributed by atoms with Crippen molar-refractivity contribution in [1.82, 2.24) is 9.62 Å². The number of hydrogen-bond donors (Lipinski definition) is 1. The van der Waals surface area contributed by atoms with Crippen molar-refractivity contribution in [3.8, 4) is 0 Å². The van der Waals surface area contributed by atoms with Crippen LogP contribution in [-0.4, -0.2) is 34.0 Å². The van der Waals surface area contributed by atoms with Gasteiger partial charge in [0.1, 0.15) is 0 Å². The molecule has 7 heteroatoms. The Labute approximate surface area is 153 Å². The van der Waals surface area contributed by atoms with Crippen LogP contribution in [0.3, 0.4) is 0 Å². The van der Waals surface area contributed by atoms with E-state index in [1.807, 2.05) is 25.1 Å². The summed E-state index contributed by atoms with van der Waals surface area (Å²) in [6.45, 7) is 2.26. The van der Waals surface area contributed by atoms with Gasteiger partial charge in [-0.05, 0) is 50.3 Å². The molecule has 0 aromatic heterocycles. The zero-order valence-electron chi connectivity index (χ0n) is 13.8. The molecular weight excluding hydrogens is 367 g/mol. The maximum atomic E-state index is 12.8. The molecule has 0 radical (unpaired) electrons. The number of hydrogen-bond acceptors (Lipinski definition) is 3. The van der Waals surface area contributed by atoms with E-state index in [2.05, 4.69) is 4.72 Å². The molecule has 24 heavy (non-hydrogen) atoms. The minimum atomic E-state index is -3.66. The van der Waals surface area contributed by atoms with Crippen LogP contribution >= 0.6 is 23.2 Å². The third-order valence-corrected chi connectivity index (χ3v) is 5.95. The second-order valence-corrected chi connectivity index (χ2v) is 8.37. The lowest BCUT2D eigenvalue weighted by Crippen LogP contribution is -2.35. The van der Waals surface area contributed by atoms with Gasteiger partial charge in [-0.3, -0.25) is 0 Å². The highest BCUT2D eigenvalue weighted by molar-refractivity contribution is 7.89. The maximum Gasteiger partial charge on any atom is 0.241 e. The first-order valence-electron chi connectivity index (χ1n) is 7.38. The summed E-state index contributed by atoms with van der Waals surface area (Å²) in [4.78, 5) is 2.18. The number of rotatable bonds is 6. The van der Waals surface area contributed by atoms with E-state index in [-0.39, 0.29) is 4.90 Å².